The fourth-order valence-corrected chi connectivity index (χ4v) is 3.64. The maximum absolute atomic E-state index is 13.1. The summed E-state index contributed by atoms with van der Waals surface area (Å²) in [5.41, 5.74) is 0.756. The van der Waals surface area contributed by atoms with Crippen LogP contribution in [0.3, 0.4) is 0 Å². The van der Waals surface area contributed by atoms with Gasteiger partial charge >= 0.3 is 0 Å². The standard InChI is InChI=1S/C20H23FN4O2/c21-14-8-4-9-15(12-14)27-11-5-10-16-22-19-17(20(26)23-16)24-18(25-19)13-6-2-1-3-7-13/h4,8-9,12-13H,1-3,5-7,10-11H2,(H2,22,23,24,25,26). The van der Waals surface area contributed by atoms with Crippen LogP contribution in [-0.2, 0) is 6.42 Å². The predicted octanol–water partition coefficient (Wildman–Crippen LogP) is 3.84. The Morgan fingerprint density at radius 2 is 2.00 bits per heavy atom. The van der Waals surface area contributed by atoms with Gasteiger partial charge in [0.1, 0.15) is 23.2 Å². The molecule has 1 saturated carbocycles. The number of aryl methyl sites for hydroxylation is 1. The Hall–Kier alpha value is -2.70. The molecule has 1 aliphatic carbocycles. The maximum Gasteiger partial charge on any atom is 0.276 e. The van der Waals surface area contributed by atoms with Gasteiger partial charge in [-0.3, -0.25) is 4.79 Å². The number of halogens is 1. The molecular weight excluding hydrogens is 347 g/mol. The third-order valence-electron chi connectivity index (χ3n) is 5.04. The van der Waals surface area contributed by atoms with Crippen molar-refractivity contribution in [2.45, 2.75) is 50.9 Å². The number of fused-ring (bicyclic) bond motifs is 1. The molecule has 0 unspecified atom stereocenters. The summed E-state index contributed by atoms with van der Waals surface area (Å²) in [6.07, 6.45) is 7.14. The van der Waals surface area contributed by atoms with Gasteiger partial charge < -0.3 is 14.7 Å². The average molecular weight is 370 g/mol. The summed E-state index contributed by atoms with van der Waals surface area (Å²) in [6.45, 7) is 0.416. The minimum absolute atomic E-state index is 0.185. The fourth-order valence-electron chi connectivity index (χ4n) is 3.64. The Labute approximate surface area is 156 Å². The Morgan fingerprint density at radius 3 is 2.81 bits per heavy atom. The first-order valence-corrected chi connectivity index (χ1v) is 9.56. The van der Waals surface area contributed by atoms with Gasteiger partial charge in [-0.2, -0.15) is 0 Å². The average Bonchev–Trinajstić information content (AvgIpc) is 3.11. The molecule has 142 valence electrons. The topological polar surface area (TPSA) is 83.7 Å². The summed E-state index contributed by atoms with van der Waals surface area (Å²) in [5.74, 6) is 2.05. The molecule has 0 aliphatic heterocycles. The smallest absolute Gasteiger partial charge is 0.276 e. The Bertz CT molecular complexity index is 976. The van der Waals surface area contributed by atoms with Crippen LogP contribution in [0.4, 0.5) is 4.39 Å². The maximum atomic E-state index is 13.1. The number of imidazole rings is 1. The van der Waals surface area contributed by atoms with Crippen molar-refractivity contribution in [1.29, 1.82) is 0 Å². The molecule has 1 aliphatic rings. The van der Waals surface area contributed by atoms with Crippen molar-refractivity contribution in [3.8, 4) is 5.75 Å². The summed E-state index contributed by atoms with van der Waals surface area (Å²) >= 11 is 0. The van der Waals surface area contributed by atoms with Gasteiger partial charge in [-0.25, -0.2) is 14.4 Å². The van der Waals surface area contributed by atoms with Gasteiger partial charge in [-0.1, -0.05) is 25.3 Å². The number of hydrogen-bond acceptors (Lipinski definition) is 4. The lowest BCUT2D eigenvalue weighted by Crippen LogP contribution is -2.13. The van der Waals surface area contributed by atoms with Crippen LogP contribution in [0.15, 0.2) is 29.1 Å². The number of rotatable bonds is 6. The monoisotopic (exact) mass is 370 g/mol. The zero-order chi connectivity index (χ0) is 18.6. The van der Waals surface area contributed by atoms with E-state index in [1.807, 2.05) is 0 Å². The molecule has 4 rings (SSSR count). The van der Waals surface area contributed by atoms with E-state index in [2.05, 4.69) is 19.9 Å². The van der Waals surface area contributed by atoms with Gasteiger partial charge in [0.2, 0.25) is 0 Å². The lowest BCUT2D eigenvalue weighted by Gasteiger charge is -2.18. The summed E-state index contributed by atoms with van der Waals surface area (Å²) < 4.78 is 18.7. The molecule has 2 aromatic heterocycles. The quantitative estimate of drug-likeness (QED) is 0.646. The molecule has 1 fully saturated rings. The highest BCUT2D eigenvalue weighted by Gasteiger charge is 2.20. The van der Waals surface area contributed by atoms with Gasteiger partial charge in [-0.05, 0) is 31.4 Å². The molecule has 7 heteroatoms. The van der Waals surface area contributed by atoms with Gasteiger partial charge in [0.15, 0.2) is 11.2 Å². The van der Waals surface area contributed by atoms with Crippen molar-refractivity contribution >= 4 is 11.2 Å². The third kappa shape index (κ3) is 4.18. The number of H-pyrrole nitrogens is 2. The van der Waals surface area contributed by atoms with Gasteiger partial charge in [0.05, 0.1) is 6.61 Å². The molecule has 1 aromatic carbocycles. The molecule has 6 nitrogen and oxygen atoms in total. The molecule has 0 spiro atoms. The van der Waals surface area contributed by atoms with E-state index >= 15 is 0 Å². The summed E-state index contributed by atoms with van der Waals surface area (Å²) in [4.78, 5) is 27.4. The predicted molar refractivity (Wildman–Crippen MR) is 101 cm³/mol. The van der Waals surface area contributed by atoms with Gasteiger partial charge in [0.25, 0.3) is 5.56 Å². The Kier molecular flexibility index (Phi) is 5.18. The lowest BCUT2D eigenvalue weighted by atomic mass is 9.89. The summed E-state index contributed by atoms with van der Waals surface area (Å²) in [7, 11) is 0. The highest BCUT2D eigenvalue weighted by molar-refractivity contribution is 5.69. The zero-order valence-electron chi connectivity index (χ0n) is 15.1. The number of aromatic nitrogens is 4. The van der Waals surface area contributed by atoms with E-state index in [1.54, 1.807) is 12.1 Å². The minimum Gasteiger partial charge on any atom is -0.493 e. The largest absolute Gasteiger partial charge is 0.493 e. The van der Waals surface area contributed by atoms with E-state index in [-0.39, 0.29) is 11.4 Å². The van der Waals surface area contributed by atoms with Crippen molar-refractivity contribution in [1.82, 2.24) is 19.9 Å². The van der Waals surface area contributed by atoms with E-state index in [9.17, 15) is 9.18 Å². The minimum atomic E-state index is -0.323. The number of ether oxygens (including phenoxy) is 1. The normalized spacial score (nSPS) is 15.3. The van der Waals surface area contributed by atoms with Crippen LogP contribution in [0.1, 0.15) is 56.1 Å². The van der Waals surface area contributed by atoms with Crippen LogP contribution < -0.4 is 10.3 Å². The molecule has 0 bridgehead atoms. The molecule has 0 amide bonds. The number of benzene rings is 1. The van der Waals surface area contributed by atoms with Crippen LogP contribution in [0.2, 0.25) is 0 Å². The highest BCUT2D eigenvalue weighted by Crippen LogP contribution is 2.31. The summed E-state index contributed by atoms with van der Waals surface area (Å²) in [6, 6.07) is 6.05. The lowest BCUT2D eigenvalue weighted by molar-refractivity contribution is 0.308. The summed E-state index contributed by atoms with van der Waals surface area (Å²) in [5, 5.41) is 0. The molecule has 27 heavy (non-hydrogen) atoms. The van der Waals surface area contributed by atoms with Crippen LogP contribution in [0, 0.1) is 5.82 Å². The molecule has 0 radical (unpaired) electrons. The number of nitrogens with one attached hydrogen (secondary N) is 2. The molecule has 2 N–H and O–H groups in total. The highest BCUT2D eigenvalue weighted by atomic mass is 19.1. The van der Waals surface area contributed by atoms with Crippen LogP contribution in [0.25, 0.3) is 11.2 Å². The van der Waals surface area contributed by atoms with Crippen molar-refractivity contribution in [3.63, 3.8) is 0 Å². The first-order valence-electron chi connectivity index (χ1n) is 9.56. The van der Waals surface area contributed by atoms with E-state index in [1.165, 1.54) is 31.4 Å². The molecule has 2 heterocycles. The van der Waals surface area contributed by atoms with E-state index < -0.39 is 0 Å². The van der Waals surface area contributed by atoms with Gasteiger partial charge in [0, 0.05) is 18.4 Å². The SMILES string of the molecule is O=c1[nH]c(CCCOc2cccc(F)c2)nc2nc(C3CCCCC3)[nH]c12. The van der Waals surface area contributed by atoms with E-state index in [0.29, 0.717) is 48.1 Å². The van der Waals surface area contributed by atoms with Crippen molar-refractivity contribution in [2.24, 2.45) is 0 Å². The molecular formula is C20H23FN4O2. The first kappa shape index (κ1) is 17.7. The van der Waals surface area contributed by atoms with Crippen molar-refractivity contribution in [2.75, 3.05) is 6.61 Å². The number of hydrogen-bond donors (Lipinski definition) is 2. The second-order valence-electron chi connectivity index (χ2n) is 7.08. The fraction of sp³-hybridized carbons (Fsp3) is 0.450. The first-order chi connectivity index (χ1) is 13.2. The molecule has 0 atom stereocenters. The number of aromatic amines is 2. The van der Waals surface area contributed by atoms with Gasteiger partial charge in [-0.15, -0.1) is 0 Å². The van der Waals surface area contributed by atoms with Crippen molar-refractivity contribution < 1.29 is 9.13 Å². The third-order valence-corrected chi connectivity index (χ3v) is 5.04. The van der Waals surface area contributed by atoms with E-state index in [0.717, 1.165) is 18.7 Å². The second kappa shape index (κ2) is 7.90. The Balaban J connectivity index is 1.40. The zero-order valence-corrected chi connectivity index (χ0v) is 15.1. The number of nitrogens with zero attached hydrogens (tertiary/aromatic N) is 2. The molecule has 0 saturated heterocycles. The Morgan fingerprint density at radius 1 is 1.15 bits per heavy atom. The second-order valence-corrected chi connectivity index (χ2v) is 7.08. The van der Waals surface area contributed by atoms with Crippen LogP contribution >= 0.6 is 0 Å². The van der Waals surface area contributed by atoms with E-state index in [4.69, 9.17) is 4.74 Å². The molecule has 3 aromatic rings. The van der Waals surface area contributed by atoms with Crippen molar-refractivity contribution in [3.05, 3.63) is 52.1 Å². The van der Waals surface area contributed by atoms with Crippen LogP contribution in [0.5, 0.6) is 5.75 Å². The van der Waals surface area contributed by atoms with Crippen LogP contribution in [-0.4, -0.2) is 26.5 Å².